The van der Waals surface area contributed by atoms with Crippen LogP contribution in [0.3, 0.4) is 0 Å². The molecule has 0 aromatic carbocycles. The van der Waals surface area contributed by atoms with E-state index in [0.717, 1.165) is 21.6 Å². The molecule has 30 heavy (non-hydrogen) atoms. The molecule has 1 fully saturated rings. The topological polar surface area (TPSA) is 85.6 Å². The fourth-order valence-electron chi connectivity index (χ4n) is 3.68. The van der Waals surface area contributed by atoms with Crippen LogP contribution in [-0.2, 0) is 4.79 Å². The quantitative estimate of drug-likeness (QED) is 0.465. The molecule has 0 radical (unpaired) electrons. The molecule has 3 aromatic heterocycles. The Morgan fingerprint density at radius 1 is 1.23 bits per heavy atom. The maximum Gasteiger partial charge on any atom is 0.236 e. The number of aryl methyl sites for hydroxylation is 1. The van der Waals surface area contributed by atoms with Gasteiger partial charge in [-0.3, -0.25) is 14.7 Å². The molecule has 10 heteroatoms. The van der Waals surface area contributed by atoms with Gasteiger partial charge < -0.3 is 0 Å². The van der Waals surface area contributed by atoms with Crippen molar-refractivity contribution < 1.29 is 4.79 Å². The van der Waals surface area contributed by atoms with Gasteiger partial charge in [0, 0.05) is 27.8 Å². The molecule has 1 aliphatic rings. The smallest absolute Gasteiger partial charge is 0.236 e. The number of hydrogen-bond donors (Lipinski definition) is 1. The van der Waals surface area contributed by atoms with Gasteiger partial charge in [0.15, 0.2) is 11.0 Å². The molecule has 0 unspecified atom stereocenters. The number of anilines is 1. The number of aromatic nitrogens is 5. The highest BCUT2D eigenvalue weighted by molar-refractivity contribution is 7.99. The van der Waals surface area contributed by atoms with E-state index in [-0.39, 0.29) is 17.7 Å². The lowest BCUT2D eigenvalue weighted by Gasteiger charge is -2.18. The zero-order chi connectivity index (χ0) is 21.1. The highest BCUT2D eigenvalue weighted by atomic mass is 32.2. The molecular weight excluding hydrogens is 436 g/mol. The number of rotatable bonds is 7. The normalized spacial score (nSPS) is 15.1. The average molecular weight is 463 g/mol. The maximum atomic E-state index is 12.5. The van der Waals surface area contributed by atoms with Crippen molar-refractivity contribution in [1.29, 1.82) is 0 Å². The van der Waals surface area contributed by atoms with Gasteiger partial charge in [-0.25, -0.2) is 0 Å². The average Bonchev–Trinajstić information content (AvgIpc) is 3.46. The van der Waals surface area contributed by atoms with E-state index in [0.29, 0.717) is 11.0 Å². The Morgan fingerprint density at radius 3 is 2.73 bits per heavy atom. The Balaban J connectivity index is 1.38. The van der Waals surface area contributed by atoms with Crippen LogP contribution in [0.4, 0.5) is 5.13 Å². The van der Waals surface area contributed by atoms with E-state index in [2.05, 4.69) is 62.5 Å². The maximum absolute atomic E-state index is 12.5. The summed E-state index contributed by atoms with van der Waals surface area (Å²) in [6.07, 6.45) is 6.17. The van der Waals surface area contributed by atoms with Gasteiger partial charge in [0.1, 0.15) is 5.01 Å². The first kappa shape index (κ1) is 21.5. The molecule has 0 atom stereocenters. The van der Waals surface area contributed by atoms with Gasteiger partial charge in [0.05, 0.1) is 5.75 Å². The lowest BCUT2D eigenvalue weighted by molar-refractivity contribution is -0.113. The molecule has 0 aliphatic heterocycles. The third kappa shape index (κ3) is 4.92. The second kappa shape index (κ2) is 9.57. The number of carbonyl (C=O) groups is 1. The number of nitrogens with zero attached hydrogens (tertiary/aromatic N) is 5. The van der Waals surface area contributed by atoms with Crippen LogP contribution in [-0.4, -0.2) is 36.6 Å². The molecule has 1 saturated carbocycles. The minimum Gasteiger partial charge on any atom is -0.300 e. The van der Waals surface area contributed by atoms with Crippen LogP contribution in [0, 0.1) is 6.92 Å². The zero-order valence-electron chi connectivity index (χ0n) is 17.4. The summed E-state index contributed by atoms with van der Waals surface area (Å²) < 4.78 is 2.09. The van der Waals surface area contributed by atoms with Gasteiger partial charge in [0.25, 0.3) is 0 Å². The number of thioether (sulfide) groups is 1. The monoisotopic (exact) mass is 462 g/mol. The van der Waals surface area contributed by atoms with Crippen molar-refractivity contribution in [3.8, 4) is 11.4 Å². The second-order valence-electron chi connectivity index (χ2n) is 7.83. The largest absolute Gasteiger partial charge is 0.300 e. The van der Waals surface area contributed by atoms with Crippen LogP contribution < -0.4 is 5.32 Å². The van der Waals surface area contributed by atoms with E-state index in [1.54, 1.807) is 11.3 Å². The van der Waals surface area contributed by atoms with E-state index in [1.165, 1.54) is 60.1 Å². The van der Waals surface area contributed by atoms with Crippen molar-refractivity contribution in [2.45, 2.75) is 70.0 Å². The second-order valence-corrected chi connectivity index (χ2v) is 10.9. The van der Waals surface area contributed by atoms with Crippen LogP contribution in [0.25, 0.3) is 11.4 Å². The Bertz CT molecular complexity index is 1000. The van der Waals surface area contributed by atoms with Gasteiger partial charge >= 0.3 is 0 Å². The molecule has 0 saturated heterocycles. The predicted molar refractivity (Wildman–Crippen MR) is 124 cm³/mol. The molecule has 7 nitrogen and oxygen atoms in total. The fourth-order valence-corrected chi connectivity index (χ4v) is 6.16. The van der Waals surface area contributed by atoms with Crippen LogP contribution in [0.1, 0.15) is 67.8 Å². The summed E-state index contributed by atoms with van der Waals surface area (Å²) in [5.74, 6) is 1.50. The molecule has 1 N–H and O–H groups in total. The summed E-state index contributed by atoms with van der Waals surface area (Å²) in [4.78, 5) is 13.7. The number of hydrogen-bond acceptors (Lipinski definition) is 8. The lowest BCUT2D eigenvalue weighted by atomic mass is 9.90. The van der Waals surface area contributed by atoms with Crippen molar-refractivity contribution in [1.82, 2.24) is 25.0 Å². The molecular formula is C20H26N6OS3. The molecule has 1 amide bonds. The molecule has 0 spiro atoms. The molecule has 0 bridgehead atoms. The summed E-state index contributed by atoms with van der Waals surface area (Å²) in [6.45, 7) is 6.28. The van der Waals surface area contributed by atoms with Gasteiger partial charge in [0.2, 0.25) is 11.0 Å². The number of thiophene rings is 1. The van der Waals surface area contributed by atoms with Crippen molar-refractivity contribution in [3.05, 3.63) is 21.3 Å². The highest BCUT2D eigenvalue weighted by Gasteiger charge is 2.21. The first-order valence-electron chi connectivity index (χ1n) is 10.3. The molecule has 3 heterocycles. The minimum atomic E-state index is -0.0995. The van der Waals surface area contributed by atoms with Crippen LogP contribution in [0.15, 0.2) is 16.6 Å². The zero-order valence-corrected chi connectivity index (χ0v) is 19.9. The molecule has 3 aromatic rings. The fraction of sp³-hybridized carbons (Fsp3) is 0.550. The number of carbonyl (C=O) groups excluding carboxylic acids is 1. The first-order chi connectivity index (χ1) is 14.5. The van der Waals surface area contributed by atoms with E-state index >= 15 is 0 Å². The number of amides is 1. The van der Waals surface area contributed by atoms with Gasteiger partial charge in [-0.05, 0) is 39.7 Å². The predicted octanol–water partition coefficient (Wildman–Crippen LogP) is 5.53. The van der Waals surface area contributed by atoms with Crippen molar-refractivity contribution >= 4 is 45.5 Å². The van der Waals surface area contributed by atoms with E-state index < -0.39 is 0 Å². The van der Waals surface area contributed by atoms with Crippen molar-refractivity contribution in [2.75, 3.05) is 11.1 Å². The lowest BCUT2D eigenvalue weighted by Crippen LogP contribution is -2.15. The van der Waals surface area contributed by atoms with Gasteiger partial charge in [-0.15, -0.1) is 31.7 Å². The Morgan fingerprint density at radius 2 is 2.03 bits per heavy atom. The van der Waals surface area contributed by atoms with Crippen LogP contribution in [0.2, 0.25) is 0 Å². The SMILES string of the molecule is Cc1cc(-c2nnc(SCC(=O)Nc3nnc(C4CCCCC4)s3)n2C(C)C)cs1. The van der Waals surface area contributed by atoms with E-state index in [1.807, 2.05) is 0 Å². The molecule has 4 rings (SSSR count). The molecule has 160 valence electrons. The van der Waals surface area contributed by atoms with Gasteiger partial charge in [-0.2, -0.15) is 0 Å². The van der Waals surface area contributed by atoms with Crippen molar-refractivity contribution in [3.63, 3.8) is 0 Å². The Labute approximate surface area is 188 Å². The third-order valence-corrected chi connectivity index (χ3v) is 7.95. The van der Waals surface area contributed by atoms with Gasteiger partial charge in [-0.1, -0.05) is 42.4 Å². The summed E-state index contributed by atoms with van der Waals surface area (Å²) in [5.41, 5.74) is 1.07. The van der Waals surface area contributed by atoms with Crippen LogP contribution in [0.5, 0.6) is 0 Å². The summed E-state index contributed by atoms with van der Waals surface area (Å²) in [6, 6.07) is 2.32. The summed E-state index contributed by atoms with van der Waals surface area (Å²) in [5, 5.41) is 24.6. The first-order valence-corrected chi connectivity index (χ1v) is 13.0. The van der Waals surface area contributed by atoms with E-state index in [9.17, 15) is 4.79 Å². The van der Waals surface area contributed by atoms with E-state index in [4.69, 9.17) is 0 Å². The summed E-state index contributed by atoms with van der Waals surface area (Å²) in [7, 11) is 0. The Hall–Kier alpha value is -1.78. The standard InChI is InChI=1S/C20H26N6OS3/c1-12(2)26-17(15-9-13(3)28-10-15)22-25-20(26)29-11-16(27)21-19-24-23-18(30-19)14-7-5-4-6-8-14/h9-10,12,14H,4-8,11H2,1-3H3,(H,21,24,27). The third-order valence-electron chi connectivity index (χ3n) is 5.14. The Kier molecular flexibility index (Phi) is 6.84. The number of nitrogens with one attached hydrogen (secondary N) is 1. The van der Waals surface area contributed by atoms with Crippen LogP contribution >= 0.6 is 34.4 Å². The molecule has 1 aliphatic carbocycles. The highest BCUT2D eigenvalue weighted by Crippen LogP contribution is 2.35. The summed E-state index contributed by atoms with van der Waals surface area (Å²) >= 11 is 4.60. The van der Waals surface area contributed by atoms with Crippen molar-refractivity contribution in [2.24, 2.45) is 0 Å². The minimum absolute atomic E-state index is 0.0995.